The van der Waals surface area contributed by atoms with Gasteiger partial charge in [0.25, 0.3) is 0 Å². The highest BCUT2D eigenvalue weighted by molar-refractivity contribution is 6.30. The number of carbonyl (C=O) groups excluding carboxylic acids is 1. The number of hydrogen-bond acceptors (Lipinski definition) is 2. The van der Waals surface area contributed by atoms with E-state index in [1.54, 1.807) is 0 Å². The van der Waals surface area contributed by atoms with Crippen LogP contribution < -0.4 is 10.6 Å². The molecule has 0 heterocycles. The Labute approximate surface area is 100 Å². The second kappa shape index (κ2) is 5.32. The molecule has 0 bridgehead atoms. The van der Waals surface area contributed by atoms with Crippen LogP contribution in [0.3, 0.4) is 0 Å². The van der Waals surface area contributed by atoms with Crippen LogP contribution in [0.15, 0.2) is 24.3 Å². The fraction of sp³-hybridized carbons (Fsp3) is 0.417. The van der Waals surface area contributed by atoms with Gasteiger partial charge in [-0.15, -0.1) is 0 Å². The number of benzene rings is 1. The number of rotatable bonds is 5. The first-order valence-corrected chi connectivity index (χ1v) is 5.86. The van der Waals surface area contributed by atoms with Gasteiger partial charge in [-0.2, -0.15) is 0 Å². The Kier molecular flexibility index (Phi) is 3.80. The number of carbonyl (C=O) groups is 1. The van der Waals surface area contributed by atoms with Crippen molar-refractivity contribution in [3.05, 3.63) is 34.9 Å². The van der Waals surface area contributed by atoms with Gasteiger partial charge in [-0.1, -0.05) is 23.7 Å². The van der Waals surface area contributed by atoms with Gasteiger partial charge in [0.2, 0.25) is 5.91 Å². The molecule has 0 aliphatic heterocycles. The molecule has 2 rings (SSSR count). The topological polar surface area (TPSA) is 41.1 Å². The maximum absolute atomic E-state index is 11.3. The maximum Gasteiger partial charge on any atom is 0.234 e. The molecular weight excluding hydrogens is 224 g/mol. The van der Waals surface area contributed by atoms with Crippen molar-refractivity contribution in [3.8, 4) is 0 Å². The molecule has 3 nitrogen and oxygen atoms in total. The van der Waals surface area contributed by atoms with E-state index in [1.807, 2.05) is 24.3 Å². The highest BCUT2D eigenvalue weighted by Gasteiger charge is 2.22. The van der Waals surface area contributed by atoms with Crippen LogP contribution in [-0.4, -0.2) is 18.5 Å². The zero-order chi connectivity index (χ0) is 11.4. The Morgan fingerprint density at radius 1 is 1.31 bits per heavy atom. The molecule has 4 heteroatoms. The maximum atomic E-state index is 11.3. The monoisotopic (exact) mass is 238 g/mol. The molecule has 1 saturated carbocycles. The fourth-order valence-corrected chi connectivity index (χ4v) is 1.55. The Morgan fingerprint density at radius 3 is 2.62 bits per heavy atom. The SMILES string of the molecule is O=C(CNCc1ccc(Cl)cc1)NC1CC1. The Hall–Kier alpha value is -1.06. The zero-order valence-electron chi connectivity index (χ0n) is 9.00. The van der Waals surface area contributed by atoms with E-state index in [0.717, 1.165) is 23.4 Å². The lowest BCUT2D eigenvalue weighted by Crippen LogP contribution is -2.34. The standard InChI is InChI=1S/C12H15ClN2O/c13-10-3-1-9(2-4-10)7-14-8-12(16)15-11-5-6-11/h1-4,11,14H,5-8H2,(H,15,16). The van der Waals surface area contributed by atoms with Crippen molar-refractivity contribution in [3.63, 3.8) is 0 Å². The summed E-state index contributed by atoms with van der Waals surface area (Å²) in [7, 11) is 0. The molecule has 0 aromatic heterocycles. The lowest BCUT2D eigenvalue weighted by atomic mass is 10.2. The highest BCUT2D eigenvalue weighted by atomic mass is 35.5. The summed E-state index contributed by atoms with van der Waals surface area (Å²) in [6.45, 7) is 1.06. The van der Waals surface area contributed by atoms with Gasteiger partial charge in [0.15, 0.2) is 0 Å². The van der Waals surface area contributed by atoms with Crippen LogP contribution in [-0.2, 0) is 11.3 Å². The summed E-state index contributed by atoms with van der Waals surface area (Å²) in [6, 6.07) is 8.04. The molecule has 0 radical (unpaired) electrons. The predicted octanol–water partition coefficient (Wildman–Crippen LogP) is 1.71. The molecule has 0 unspecified atom stereocenters. The third kappa shape index (κ3) is 3.83. The molecule has 1 fully saturated rings. The van der Waals surface area contributed by atoms with Crippen molar-refractivity contribution in [1.29, 1.82) is 0 Å². The lowest BCUT2D eigenvalue weighted by molar-refractivity contribution is -0.120. The number of hydrogen-bond donors (Lipinski definition) is 2. The van der Waals surface area contributed by atoms with Crippen molar-refractivity contribution in [2.24, 2.45) is 0 Å². The van der Waals surface area contributed by atoms with E-state index < -0.39 is 0 Å². The Bertz CT molecular complexity index is 360. The largest absolute Gasteiger partial charge is 0.352 e. The average molecular weight is 239 g/mol. The summed E-state index contributed by atoms with van der Waals surface area (Å²) in [5.74, 6) is 0.0801. The fourth-order valence-electron chi connectivity index (χ4n) is 1.43. The number of halogens is 1. The quantitative estimate of drug-likeness (QED) is 0.820. The molecule has 2 N–H and O–H groups in total. The van der Waals surface area contributed by atoms with Gasteiger partial charge in [0.05, 0.1) is 6.54 Å². The van der Waals surface area contributed by atoms with Crippen molar-refractivity contribution in [2.45, 2.75) is 25.4 Å². The molecule has 1 aromatic rings. The van der Waals surface area contributed by atoms with Crippen molar-refractivity contribution in [1.82, 2.24) is 10.6 Å². The first-order chi connectivity index (χ1) is 7.74. The number of amides is 1. The molecule has 1 aliphatic carbocycles. The smallest absolute Gasteiger partial charge is 0.234 e. The molecular formula is C12H15ClN2O. The van der Waals surface area contributed by atoms with Gasteiger partial charge in [0.1, 0.15) is 0 Å². The van der Waals surface area contributed by atoms with E-state index in [-0.39, 0.29) is 5.91 Å². The summed E-state index contributed by atoms with van der Waals surface area (Å²) in [5, 5.41) is 6.76. The summed E-state index contributed by atoms with van der Waals surface area (Å²) in [6.07, 6.45) is 2.26. The Balaban J connectivity index is 1.66. The molecule has 1 amide bonds. The van der Waals surface area contributed by atoms with E-state index in [0.29, 0.717) is 19.1 Å². The third-order valence-corrected chi connectivity index (χ3v) is 2.72. The van der Waals surface area contributed by atoms with Crippen LogP contribution in [0.5, 0.6) is 0 Å². The van der Waals surface area contributed by atoms with Crippen LogP contribution in [0.25, 0.3) is 0 Å². The van der Waals surface area contributed by atoms with Crippen molar-refractivity contribution in [2.75, 3.05) is 6.54 Å². The van der Waals surface area contributed by atoms with Crippen molar-refractivity contribution < 1.29 is 4.79 Å². The molecule has 0 atom stereocenters. The minimum absolute atomic E-state index is 0.0801. The van der Waals surface area contributed by atoms with E-state index in [4.69, 9.17) is 11.6 Å². The first kappa shape index (κ1) is 11.4. The first-order valence-electron chi connectivity index (χ1n) is 5.48. The zero-order valence-corrected chi connectivity index (χ0v) is 9.76. The van der Waals surface area contributed by atoms with E-state index in [1.165, 1.54) is 0 Å². The minimum atomic E-state index is 0.0801. The average Bonchev–Trinajstić information content (AvgIpc) is 3.05. The van der Waals surface area contributed by atoms with Crippen molar-refractivity contribution >= 4 is 17.5 Å². The van der Waals surface area contributed by atoms with E-state index in [2.05, 4.69) is 10.6 Å². The summed E-state index contributed by atoms with van der Waals surface area (Å²) in [5.41, 5.74) is 1.13. The van der Waals surface area contributed by atoms with Crippen LogP contribution >= 0.6 is 11.6 Å². The van der Waals surface area contributed by atoms with E-state index >= 15 is 0 Å². The van der Waals surface area contributed by atoms with Crippen LogP contribution in [0.1, 0.15) is 18.4 Å². The number of nitrogens with one attached hydrogen (secondary N) is 2. The summed E-state index contributed by atoms with van der Waals surface area (Å²) < 4.78 is 0. The van der Waals surface area contributed by atoms with E-state index in [9.17, 15) is 4.79 Å². The summed E-state index contributed by atoms with van der Waals surface area (Å²) >= 11 is 5.78. The van der Waals surface area contributed by atoms with Gasteiger partial charge in [0, 0.05) is 17.6 Å². The van der Waals surface area contributed by atoms with Gasteiger partial charge in [-0.25, -0.2) is 0 Å². The van der Waals surface area contributed by atoms with Crippen LogP contribution in [0, 0.1) is 0 Å². The molecule has 86 valence electrons. The predicted molar refractivity (Wildman–Crippen MR) is 64.3 cm³/mol. The highest BCUT2D eigenvalue weighted by Crippen LogP contribution is 2.18. The molecule has 0 spiro atoms. The molecule has 0 saturated heterocycles. The minimum Gasteiger partial charge on any atom is -0.352 e. The summed E-state index contributed by atoms with van der Waals surface area (Å²) in [4.78, 5) is 11.3. The van der Waals surface area contributed by atoms with Gasteiger partial charge in [-0.05, 0) is 30.5 Å². The Morgan fingerprint density at radius 2 is 2.00 bits per heavy atom. The molecule has 16 heavy (non-hydrogen) atoms. The normalized spacial score (nSPS) is 14.8. The molecule has 1 aliphatic rings. The van der Waals surface area contributed by atoms with Gasteiger partial charge in [-0.3, -0.25) is 4.79 Å². The van der Waals surface area contributed by atoms with Crippen LogP contribution in [0.2, 0.25) is 5.02 Å². The van der Waals surface area contributed by atoms with Crippen LogP contribution in [0.4, 0.5) is 0 Å². The van der Waals surface area contributed by atoms with Gasteiger partial charge < -0.3 is 10.6 Å². The molecule has 1 aromatic carbocycles. The second-order valence-electron chi connectivity index (χ2n) is 4.07. The lowest BCUT2D eigenvalue weighted by Gasteiger charge is -2.05. The second-order valence-corrected chi connectivity index (χ2v) is 4.51. The third-order valence-electron chi connectivity index (χ3n) is 2.47. The van der Waals surface area contributed by atoms with Gasteiger partial charge >= 0.3 is 0 Å².